The lowest BCUT2D eigenvalue weighted by atomic mass is 9.78. The van der Waals surface area contributed by atoms with Crippen molar-refractivity contribution in [2.75, 3.05) is 17.3 Å². The number of hydrogen-bond donors (Lipinski definition) is 1. The van der Waals surface area contributed by atoms with Gasteiger partial charge in [0.05, 0.1) is 24.5 Å². The lowest BCUT2D eigenvalue weighted by molar-refractivity contribution is -0.116. The highest BCUT2D eigenvalue weighted by Gasteiger charge is 2.41. The minimum atomic E-state index is -0.737. The van der Waals surface area contributed by atoms with Gasteiger partial charge >= 0.3 is 0 Å². The van der Waals surface area contributed by atoms with Crippen LogP contribution in [0.5, 0.6) is 5.75 Å². The number of para-hydroxylation sites is 2. The van der Waals surface area contributed by atoms with Crippen molar-refractivity contribution in [2.45, 2.75) is 24.8 Å². The van der Waals surface area contributed by atoms with Crippen LogP contribution in [-0.4, -0.2) is 18.8 Å². The smallest absolute Gasteiger partial charge is 0.251 e. The Kier molecular flexibility index (Phi) is 7.21. The Labute approximate surface area is 238 Å². The van der Waals surface area contributed by atoms with Gasteiger partial charge in [0.25, 0.3) is 5.91 Å². The van der Waals surface area contributed by atoms with E-state index in [-0.39, 0.29) is 23.4 Å². The molecule has 0 radical (unpaired) electrons. The summed E-state index contributed by atoms with van der Waals surface area (Å²) in [6.45, 7) is 0. The van der Waals surface area contributed by atoms with Gasteiger partial charge in [-0.2, -0.15) is 0 Å². The summed E-state index contributed by atoms with van der Waals surface area (Å²) in [7, 11) is 1.63. The zero-order valence-corrected chi connectivity index (χ0v) is 22.6. The van der Waals surface area contributed by atoms with Gasteiger partial charge in [0, 0.05) is 23.8 Å². The minimum Gasteiger partial charge on any atom is -0.497 e. The van der Waals surface area contributed by atoms with Gasteiger partial charge in [-0.1, -0.05) is 66.7 Å². The normalized spacial score (nSPS) is 18.4. The summed E-state index contributed by atoms with van der Waals surface area (Å²) in [5.74, 6) is 0.00148. The number of Topliss-reactive ketones (excluding diaryl/α,β-unsaturated/α-hetero) is 1. The van der Waals surface area contributed by atoms with E-state index in [0.29, 0.717) is 29.7 Å². The van der Waals surface area contributed by atoms with Gasteiger partial charge in [0.1, 0.15) is 11.6 Å². The van der Waals surface area contributed by atoms with Gasteiger partial charge in [-0.25, -0.2) is 4.39 Å². The molecule has 0 bridgehead atoms. The first-order valence-electron chi connectivity index (χ1n) is 13.6. The molecule has 204 valence electrons. The summed E-state index contributed by atoms with van der Waals surface area (Å²) >= 11 is 0. The molecule has 0 spiro atoms. The molecule has 1 heterocycles. The number of amides is 1. The van der Waals surface area contributed by atoms with Gasteiger partial charge in [-0.15, -0.1) is 0 Å². The molecule has 1 N–H and O–H groups in total. The molecular weight excluding hydrogens is 515 g/mol. The molecule has 4 aromatic rings. The number of methoxy groups -OCH3 is 1. The van der Waals surface area contributed by atoms with Crippen LogP contribution < -0.4 is 15.0 Å². The van der Waals surface area contributed by atoms with Crippen molar-refractivity contribution >= 4 is 29.1 Å². The molecule has 1 aliphatic heterocycles. The molecule has 6 rings (SSSR count). The van der Waals surface area contributed by atoms with Crippen molar-refractivity contribution < 1.29 is 18.7 Å². The largest absolute Gasteiger partial charge is 0.497 e. The number of fused-ring (bicyclic) bond motifs is 1. The first-order chi connectivity index (χ1) is 20.0. The van der Waals surface area contributed by atoms with E-state index in [9.17, 15) is 14.0 Å². The Hall–Kier alpha value is -4.97. The zero-order valence-electron chi connectivity index (χ0n) is 22.6. The van der Waals surface area contributed by atoms with Gasteiger partial charge in [-0.3, -0.25) is 14.5 Å². The highest BCUT2D eigenvalue weighted by atomic mass is 19.1. The van der Waals surface area contributed by atoms with Crippen molar-refractivity contribution in [3.63, 3.8) is 0 Å². The van der Waals surface area contributed by atoms with Gasteiger partial charge < -0.3 is 10.1 Å². The first-order valence-corrected chi connectivity index (χ1v) is 13.6. The third-order valence-corrected chi connectivity index (χ3v) is 7.72. The number of hydrogen-bond acceptors (Lipinski definition) is 4. The van der Waals surface area contributed by atoms with Crippen LogP contribution >= 0.6 is 0 Å². The van der Waals surface area contributed by atoms with Crippen LogP contribution in [0.1, 0.15) is 41.5 Å². The Morgan fingerprint density at radius 3 is 2.29 bits per heavy atom. The monoisotopic (exact) mass is 544 g/mol. The van der Waals surface area contributed by atoms with Crippen LogP contribution in [-0.2, 0) is 9.59 Å². The molecule has 2 atom stereocenters. The number of nitrogens with one attached hydrogen (secondary N) is 1. The molecule has 0 saturated carbocycles. The third kappa shape index (κ3) is 5.29. The van der Waals surface area contributed by atoms with E-state index in [1.165, 1.54) is 18.2 Å². The molecule has 0 saturated heterocycles. The second-order valence-corrected chi connectivity index (χ2v) is 10.2. The third-order valence-electron chi connectivity index (χ3n) is 7.72. The van der Waals surface area contributed by atoms with E-state index >= 15 is 0 Å². The molecular formula is C35H29FN2O3. The predicted octanol–water partition coefficient (Wildman–Crippen LogP) is 7.45. The minimum absolute atomic E-state index is 0.0408. The van der Waals surface area contributed by atoms with Crippen LogP contribution in [0.15, 0.2) is 120 Å². The molecule has 6 heteroatoms. The number of carbonyl (C=O) groups is 2. The number of rotatable bonds is 5. The van der Waals surface area contributed by atoms with Gasteiger partial charge in [0.2, 0.25) is 0 Å². The molecule has 1 amide bonds. The summed E-state index contributed by atoms with van der Waals surface area (Å²) < 4.78 is 19.4. The number of halogens is 1. The molecule has 0 aromatic heterocycles. The fourth-order valence-electron chi connectivity index (χ4n) is 5.72. The van der Waals surface area contributed by atoms with E-state index in [4.69, 9.17) is 4.74 Å². The maximum absolute atomic E-state index is 14.1. The van der Waals surface area contributed by atoms with Crippen molar-refractivity contribution in [2.24, 2.45) is 0 Å². The van der Waals surface area contributed by atoms with Crippen LogP contribution in [0.2, 0.25) is 0 Å². The molecule has 4 aromatic carbocycles. The zero-order chi connectivity index (χ0) is 28.3. The summed E-state index contributed by atoms with van der Waals surface area (Å²) in [5.41, 5.74) is 5.26. The lowest BCUT2D eigenvalue weighted by Gasteiger charge is -2.34. The second-order valence-electron chi connectivity index (χ2n) is 10.2. The molecule has 2 aliphatic rings. The Morgan fingerprint density at radius 2 is 1.56 bits per heavy atom. The average molecular weight is 545 g/mol. The topological polar surface area (TPSA) is 58.6 Å². The molecule has 1 aliphatic carbocycles. The van der Waals surface area contributed by atoms with E-state index in [2.05, 4.69) is 5.32 Å². The maximum atomic E-state index is 14.1. The van der Waals surface area contributed by atoms with E-state index in [1.807, 2.05) is 78.9 Å². The average Bonchev–Trinajstić information content (AvgIpc) is 3.15. The molecule has 0 fully saturated rings. The Bertz CT molecular complexity index is 1640. The van der Waals surface area contributed by atoms with Gasteiger partial charge in [-0.05, 0) is 71.5 Å². The quantitative estimate of drug-likeness (QED) is 0.265. The highest BCUT2D eigenvalue weighted by Crippen LogP contribution is 2.47. The number of allylic oxidation sites excluding steroid dienone is 1. The van der Waals surface area contributed by atoms with Gasteiger partial charge in [0.15, 0.2) is 5.78 Å². The highest BCUT2D eigenvalue weighted by molar-refractivity contribution is 6.10. The van der Waals surface area contributed by atoms with E-state index < -0.39 is 6.04 Å². The van der Waals surface area contributed by atoms with Crippen LogP contribution in [0.4, 0.5) is 15.8 Å². The van der Waals surface area contributed by atoms with Crippen LogP contribution in [0.25, 0.3) is 6.08 Å². The van der Waals surface area contributed by atoms with Crippen molar-refractivity contribution in [1.29, 1.82) is 0 Å². The van der Waals surface area contributed by atoms with E-state index in [0.717, 1.165) is 28.3 Å². The maximum Gasteiger partial charge on any atom is 0.251 e. The Balaban J connectivity index is 1.48. The summed E-state index contributed by atoms with van der Waals surface area (Å²) in [5, 5.41) is 3.53. The number of anilines is 2. The van der Waals surface area contributed by atoms with Crippen LogP contribution in [0.3, 0.4) is 0 Å². The number of ether oxygens (including phenoxy) is 1. The van der Waals surface area contributed by atoms with Crippen LogP contribution in [0, 0.1) is 5.82 Å². The Morgan fingerprint density at radius 1 is 0.878 bits per heavy atom. The number of ketones is 1. The van der Waals surface area contributed by atoms with Crippen molar-refractivity contribution in [3.05, 3.63) is 143 Å². The number of nitrogens with zero attached hydrogens (tertiary/aromatic N) is 1. The fraction of sp³-hybridized carbons (Fsp3) is 0.143. The summed E-state index contributed by atoms with van der Waals surface area (Å²) in [4.78, 5) is 29.8. The molecule has 5 nitrogen and oxygen atoms in total. The SMILES string of the molecule is COc1ccc([C@H]2CC(=O)C3=C(C2)Nc2ccccc2N(C(=O)/C=C/c2ccccc2)[C@H]3c2ccc(F)cc2)cc1. The van der Waals surface area contributed by atoms with Crippen molar-refractivity contribution in [1.82, 2.24) is 0 Å². The molecule has 41 heavy (non-hydrogen) atoms. The van der Waals surface area contributed by atoms with E-state index in [1.54, 1.807) is 30.2 Å². The van der Waals surface area contributed by atoms with Crippen molar-refractivity contribution in [3.8, 4) is 5.75 Å². The number of benzene rings is 4. The standard InChI is InChI=1S/C35H29FN2O3/c1-41-28-18-14-24(15-19-28)26-21-30-34(32(39)22-26)35(25-12-16-27(36)17-13-25)38(31-10-6-5-9-29(31)37-30)33(40)20-11-23-7-3-2-4-8-23/h2-20,26,35,37H,21-22H2,1H3/b20-11+/t26-,35+/m1/s1. The predicted molar refractivity (Wildman–Crippen MR) is 159 cm³/mol. The summed E-state index contributed by atoms with van der Waals surface area (Å²) in [6, 6.07) is 30.2. The first kappa shape index (κ1) is 26.3. The number of carbonyl (C=O) groups excluding carboxylic acids is 2. The molecule has 0 unspecified atom stereocenters. The lowest BCUT2D eigenvalue weighted by Crippen LogP contribution is -2.37. The fourth-order valence-corrected chi connectivity index (χ4v) is 5.72. The summed E-state index contributed by atoms with van der Waals surface area (Å²) in [6.07, 6.45) is 4.18. The second kappa shape index (κ2) is 11.3.